The van der Waals surface area contributed by atoms with E-state index in [9.17, 15) is 0 Å². The van der Waals surface area contributed by atoms with Crippen LogP contribution in [0.15, 0.2) is 46.9 Å². The first-order valence-electron chi connectivity index (χ1n) is 6.13. The number of halogens is 2. The lowest BCUT2D eigenvalue weighted by molar-refractivity contribution is 0.414. The second-order valence-electron chi connectivity index (χ2n) is 4.55. The van der Waals surface area contributed by atoms with Crippen molar-refractivity contribution >= 4 is 27.5 Å². The third kappa shape index (κ3) is 3.74. The van der Waals surface area contributed by atoms with E-state index in [2.05, 4.69) is 41.1 Å². The van der Waals surface area contributed by atoms with Gasteiger partial charge in [-0.15, -0.1) is 11.6 Å². The van der Waals surface area contributed by atoms with Gasteiger partial charge in [-0.3, -0.25) is 0 Å². The molecular weight excluding hydrogens is 324 g/mol. The molecule has 19 heavy (non-hydrogen) atoms. The van der Waals surface area contributed by atoms with Crippen LogP contribution in [0.25, 0.3) is 0 Å². The standard InChI is InChI=1S/C16H16BrClO/c1-11-6-7-15(17)14(8-11)16(18)10-12-4-3-5-13(9-12)19-2/h3-9,16H,10H2,1-2H3. The second kappa shape index (κ2) is 6.44. The molecule has 100 valence electrons. The lowest BCUT2D eigenvalue weighted by Crippen LogP contribution is -1.98. The Balaban J connectivity index is 2.20. The van der Waals surface area contributed by atoms with Gasteiger partial charge in [0, 0.05) is 4.47 Å². The first-order valence-corrected chi connectivity index (χ1v) is 7.36. The summed E-state index contributed by atoms with van der Waals surface area (Å²) >= 11 is 10.1. The summed E-state index contributed by atoms with van der Waals surface area (Å²) in [5, 5.41) is -0.0543. The maximum atomic E-state index is 6.54. The highest BCUT2D eigenvalue weighted by atomic mass is 79.9. The molecule has 0 saturated carbocycles. The Labute approximate surface area is 127 Å². The normalized spacial score (nSPS) is 12.2. The van der Waals surface area contributed by atoms with E-state index in [1.165, 1.54) is 11.1 Å². The van der Waals surface area contributed by atoms with E-state index in [0.717, 1.165) is 22.2 Å². The lowest BCUT2D eigenvalue weighted by Gasteiger charge is -2.13. The number of ether oxygens (including phenoxy) is 1. The van der Waals surface area contributed by atoms with Crippen LogP contribution in [-0.4, -0.2) is 7.11 Å². The summed E-state index contributed by atoms with van der Waals surface area (Å²) in [6.07, 6.45) is 0.779. The van der Waals surface area contributed by atoms with Gasteiger partial charge in [-0.05, 0) is 42.7 Å². The van der Waals surface area contributed by atoms with Gasteiger partial charge in [-0.2, -0.15) is 0 Å². The molecule has 0 N–H and O–H groups in total. The molecule has 0 radical (unpaired) electrons. The van der Waals surface area contributed by atoms with Crippen LogP contribution in [-0.2, 0) is 6.42 Å². The molecule has 2 aromatic carbocycles. The molecule has 1 nitrogen and oxygen atoms in total. The summed E-state index contributed by atoms with van der Waals surface area (Å²) < 4.78 is 6.29. The van der Waals surface area contributed by atoms with Crippen LogP contribution < -0.4 is 4.74 Å². The molecule has 3 heteroatoms. The molecule has 0 aliphatic carbocycles. The largest absolute Gasteiger partial charge is 0.497 e. The number of benzene rings is 2. The Kier molecular flexibility index (Phi) is 4.89. The van der Waals surface area contributed by atoms with Crippen molar-refractivity contribution in [3.05, 3.63) is 63.6 Å². The highest BCUT2D eigenvalue weighted by Crippen LogP contribution is 2.32. The molecule has 0 fully saturated rings. The van der Waals surface area contributed by atoms with E-state index in [-0.39, 0.29) is 5.38 Å². The van der Waals surface area contributed by atoms with Crippen LogP contribution in [0.3, 0.4) is 0 Å². The van der Waals surface area contributed by atoms with Gasteiger partial charge in [0.2, 0.25) is 0 Å². The minimum atomic E-state index is -0.0543. The molecule has 0 aliphatic rings. The zero-order chi connectivity index (χ0) is 13.8. The Hall–Kier alpha value is -0.990. The molecule has 0 aromatic heterocycles. The van der Waals surface area contributed by atoms with Gasteiger partial charge in [0.15, 0.2) is 0 Å². The van der Waals surface area contributed by atoms with E-state index in [1.54, 1.807) is 7.11 Å². The van der Waals surface area contributed by atoms with Crippen LogP contribution >= 0.6 is 27.5 Å². The molecular formula is C16H16BrClO. The molecule has 0 amide bonds. The number of hydrogen-bond acceptors (Lipinski definition) is 1. The second-order valence-corrected chi connectivity index (χ2v) is 5.93. The van der Waals surface area contributed by atoms with E-state index >= 15 is 0 Å². The van der Waals surface area contributed by atoms with E-state index < -0.39 is 0 Å². The molecule has 0 spiro atoms. The fraction of sp³-hybridized carbons (Fsp3) is 0.250. The van der Waals surface area contributed by atoms with Crippen molar-refractivity contribution < 1.29 is 4.74 Å². The Morgan fingerprint density at radius 1 is 1.21 bits per heavy atom. The average Bonchev–Trinajstić information content (AvgIpc) is 2.41. The summed E-state index contributed by atoms with van der Waals surface area (Å²) in [4.78, 5) is 0. The third-order valence-corrected chi connectivity index (χ3v) is 4.15. The van der Waals surface area contributed by atoms with Crippen molar-refractivity contribution in [3.8, 4) is 5.75 Å². The maximum absolute atomic E-state index is 6.54. The van der Waals surface area contributed by atoms with Crippen molar-refractivity contribution in [2.75, 3.05) is 7.11 Å². The van der Waals surface area contributed by atoms with Gasteiger partial charge in [-0.25, -0.2) is 0 Å². The molecule has 2 aromatic rings. The van der Waals surface area contributed by atoms with Gasteiger partial charge in [0.05, 0.1) is 12.5 Å². The number of alkyl halides is 1. The molecule has 0 saturated heterocycles. The summed E-state index contributed by atoms with van der Waals surface area (Å²) in [6.45, 7) is 2.07. The van der Waals surface area contributed by atoms with Crippen LogP contribution in [0.1, 0.15) is 22.1 Å². The minimum absolute atomic E-state index is 0.0543. The third-order valence-electron chi connectivity index (χ3n) is 3.04. The molecule has 2 rings (SSSR count). The van der Waals surface area contributed by atoms with Gasteiger partial charge < -0.3 is 4.74 Å². The van der Waals surface area contributed by atoms with E-state index in [0.29, 0.717) is 0 Å². The summed E-state index contributed by atoms with van der Waals surface area (Å²) in [5.74, 6) is 0.865. The van der Waals surface area contributed by atoms with Crippen LogP contribution in [0.5, 0.6) is 5.75 Å². The van der Waals surface area contributed by atoms with Crippen LogP contribution in [0, 0.1) is 6.92 Å². The minimum Gasteiger partial charge on any atom is -0.497 e. The van der Waals surface area contributed by atoms with Crippen molar-refractivity contribution in [2.24, 2.45) is 0 Å². The number of rotatable bonds is 4. The Bertz CT molecular complexity index is 568. The number of hydrogen-bond donors (Lipinski definition) is 0. The van der Waals surface area contributed by atoms with Crippen molar-refractivity contribution in [2.45, 2.75) is 18.7 Å². The lowest BCUT2D eigenvalue weighted by atomic mass is 10.0. The SMILES string of the molecule is COc1cccc(CC(Cl)c2cc(C)ccc2Br)c1. The first kappa shape index (κ1) is 14.4. The quantitative estimate of drug-likeness (QED) is 0.688. The molecule has 0 aliphatic heterocycles. The van der Waals surface area contributed by atoms with Gasteiger partial charge in [0.1, 0.15) is 5.75 Å². The first-order chi connectivity index (χ1) is 9.10. The van der Waals surface area contributed by atoms with Gasteiger partial charge >= 0.3 is 0 Å². The topological polar surface area (TPSA) is 9.23 Å². The van der Waals surface area contributed by atoms with Crippen molar-refractivity contribution in [3.63, 3.8) is 0 Å². The van der Waals surface area contributed by atoms with E-state index in [1.807, 2.05) is 24.3 Å². The van der Waals surface area contributed by atoms with Gasteiger partial charge in [0.25, 0.3) is 0 Å². The Morgan fingerprint density at radius 3 is 2.74 bits per heavy atom. The summed E-state index contributed by atoms with van der Waals surface area (Å²) in [7, 11) is 1.68. The monoisotopic (exact) mass is 338 g/mol. The number of methoxy groups -OCH3 is 1. The predicted molar refractivity (Wildman–Crippen MR) is 84.2 cm³/mol. The fourth-order valence-corrected chi connectivity index (χ4v) is 3.03. The van der Waals surface area contributed by atoms with Crippen LogP contribution in [0.2, 0.25) is 0 Å². The Morgan fingerprint density at radius 2 is 2.00 bits per heavy atom. The zero-order valence-electron chi connectivity index (χ0n) is 11.0. The van der Waals surface area contributed by atoms with Gasteiger partial charge in [-0.1, -0.05) is 45.8 Å². The molecule has 0 bridgehead atoms. The maximum Gasteiger partial charge on any atom is 0.119 e. The van der Waals surface area contributed by atoms with Crippen molar-refractivity contribution in [1.29, 1.82) is 0 Å². The predicted octanol–water partition coefficient (Wildman–Crippen LogP) is 5.29. The highest BCUT2D eigenvalue weighted by molar-refractivity contribution is 9.10. The number of aryl methyl sites for hydroxylation is 1. The van der Waals surface area contributed by atoms with Crippen molar-refractivity contribution in [1.82, 2.24) is 0 Å². The summed E-state index contributed by atoms with van der Waals surface area (Å²) in [5.41, 5.74) is 3.52. The summed E-state index contributed by atoms with van der Waals surface area (Å²) in [6, 6.07) is 14.3. The molecule has 1 atom stereocenters. The van der Waals surface area contributed by atoms with Crippen LogP contribution in [0.4, 0.5) is 0 Å². The van der Waals surface area contributed by atoms with E-state index in [4.69, 9.17) is 16.3 Å². The molecule has 1 unspecified atom stereocenters. The zero-order valence-corrected chi connectivity index (χ0v) is 13.3. The fourth-order valence-electron chi connectivity index (χ4n) is 2.02. The highest BCUT2D eigenvalue weighted by Gasteiger charge is 2.13. The average molecular weight is 340 g/mol. The smallest absolute Gasteiger partial charge is 0.119 e. The molecule has 0 heterocycles.